The summed E-state index contributed by atoms with van der Waals surface area (Å²) in [4.78, 5) is 5.34. The van der Waals surface area contributed by atoms with Crippen LogP contribution < -0.4 is 0 Å². The summed E-state index contributed by atoms with van der Waals surface area (Å²) in [6.45, 7) is 2.01. The summed E-state index contributed by atoms with van der Waals surface area (Å²) in [5.41, 5.74) is 0. The van der Waals surface area contributed by atoms with Gasteiger partial charge >= 0.3 is 0 Å². The lowest BCUT2D eigenvalue weighted by Crippen LogP contribution is -1.59. The molecular formula is C7H8BrNS. The van der Waals surface area contributed by atoms with Crippen LogP contribution in [-0.4, -0.2) is 10.3 Å². The minimum absolute atomic E-state index is 0.907. The summed E-state index contributed by atoms with van der Waals surface area (Å²) in [6, 6.07) is 0. The zero-order valence-electron chi connectivity index (χ0n) is 5.67. The van der Waals surface area contributed by atoms with E-state index < -0.39 is 0 Å². The molecule has 0 atom stereocenters. The van der Waals surface area contributed by atoms with Gasteiger partial charge in [-0.25, -0.2) is 4.98 Å². The van der Waals surface area contributed by atoms with Crippen molar-refractivity contribution < 1.29 is 0 Å². The van der Waals surface area contributed by atoms with Crippen LogP contribution in [0.5, 0.6) is 0 Å². The van der Waals surface area contributed by atoms with E-state index in [1.54, 1.807) is 11.3 Å². The SMILES string of the molecule is Cc1ncc(/C=C/CBr)s1. The van der Waals surface area contributed by atoms with Gasteiger partial charge in [-0.3, -0.25) is 0 Å². The standard InChI is InChI=1S/C7H8BrNS/c1-6-9-5-7(10-6)3-2-4-8/h2-3,5H,4H2,1H3/b3-2+. The number of alkyl halides is 1. The molecule has 0 aliphatic carbocycles. The second-order valence-electron chi connectivity index (χ2n) is 1.84. The molecule has 0 aliphatic heterocycles. The van der Waals surface area contributed by atoms with Crippen molar-refractivity contribution in [1.29, 1.82) is 0 Å². The van der Waals surface area contributed by atoms with Crippen LogP contribution >= 0.6 is 27.3 Å². The summed E-state index contributed by atoms with van der Waals surface area (Å²) in [5, 5.41) is 2.03. The molecule has 0 aliphatic rings. The van der Waals surface area contributed by atoms with Gasteiger partial charge < -0.3 is 0 Å². The molecule has 3 heteroatoms. The highest BCUT2D eigenvalue weighted by Gasteiger charge is 1.90. The summed E-state index contributed by atoms with van der Waals surface area (Å²) < 4.78 is 0. The van der Waals surface area contributed by atoms with Crippen LogP contribution in [0.3, 0.4) is 0 Å². The largest absolute Gasteiger partial charge is 0.249 e. The maximum Gasteiger partial charge on any atom is 0.0900 e. The molecule has 1 heterocycles. The number of aryl methyl sites for hydroxylation is 1. The molecule has 0 aromatic carbocycles. The Kier molecular flexibility index (Phi) is 3.09. The molecule has 10 heavy (non-hydrogen) atoms. The number of aromatic nitrogens is 1. The van der Waals surface area contributed by atoms with Crippen molar-refractivity contribution in [3.05, 3.63) is 22.2 Å². The van der Waals surface area contributed by atoms with Crippen molar-refractivity contribution in [1.82, 2.24) is 4.98 Å². The quantitative estimate of drug-likeness (QED) is 0.695. The first-order chi connectivity index (χ1) is 4.83. The lowest BCUT2D eigenvalue weighted by atomic mass is 10.5. The number of rotatable bonds is 2. The molecular weight excluding hydrogens is 210 g/mol. The van der Waals surface area contributed by atoms with Gasteiger partial charge in [-0.15, -0.1) is 11.3 Å². The van der Waals surface area contributed by atoms with Crippen LogP contribution in [-0.2, 0) is 0 Å². The molecule has 0 saturated heterocycles. The first-order valence-electron chi connectivity index (χ1n) is 2.98. The van der Waals surface area contributed by atoms with Crippen molar-refractivity contribution in [2.24, 2.45) is 0 Å². The summed E-state index contributed by atoms with van der Waals surface area (Å²) in [5.74, 6) is 0. The maximum absolute atomic E-state index is 4.12. The molecule has 0 bridgehead atoms. The summed E-state index contributed by atoms with van der Waals surface area (Å²) >= 11 is 5.02. The third-order valence-electron chi connectivity index (χ3n) is 1.01. The molecule has 0 radical (unpaired) electrons. The van der Waals surface area contributed by atoms with Crippen molar-refractivity contribution >= 4 is 33.3 Å². The van der Waals surface area contributed by atoms with Crippen LogP contribution in [0.1, 0.15) is 9.88 Å². The average molecular weight is 218 g/mol. The normalized spacial score (nSPS) is 11.0. The second-order valence-corrected chi connectivity index (χ2v) is 3.75. The van der Waals surface area contributed by atoms with E-state index in [-0.39, 0.29) is 0 Å². The van der Waals surface area contributed by atoms with E-state index in [0.717, 1.165) is 10.3 Å². The van der Waals surface area contributed by atoms with Crippen molar-refractivity contribution in [3.8, 4) is 0 Å². The molecule has 0 N–H and O–H groups in total. The average Bonchev–Trinajstić information content (AvgIpc) is 2.31. The predicted octanol–water partition coefficient (Wildman–Crippen LogP) is 2.86. The topological polar surface area (TPSA) is 12.9 Å². The van der Waals surface area contributed by atoms with Gasteiger partial charge in [0.15, 0.2) is 0 Å². The fourth-order valence-corrected chi connectivity index (χ4v) is 1.52. The highest BCUT2D eigenvalue weighted by Crippen LogP contribution is 2.12. The first-order valence-corrected chi connectivity index (χ1v) is 4.91. The Morgan fingerprint density at radius 1 is 1.80 bits per heavy atom. The number of hydrogen-bond donors (Lipinski definition) is 0. The van der Waals surface area contributed by atoms with Crippen LogP contribution in [0.4, 0.5) is 0 Å². The monoisotopic (exact) mass is 217 g/mol. The van der Waals surface area contributed by atoms with Gasteiger partial charge in [0.1, 0.15) is 0 Å². The smallest absolute Gasteiger partial charge is 0.0900 e. The van der Waals surface area contributed by atoms with Crippen LogP contribution in [0.25, 0.3) is 6.08 Å². The van der Waals surface area contributed by atoms with E-state index in [0.29, 0.717) is 0 Å². The number of allylic oxidation sites excluding steroid dienone is 1. The number of nitrogens with zero attached hydrogens (tertiary/aromatic N) is 1. The van der Waals surface area contributed by atoms with Crippen molar-refractivity contribution in [3.63, 3.8) is 0 Å². The molecule has 1 rings (SSSR count). The fourth-order valence-electron chi connectivity index (χ4n) is 0.616. The Balaban J connectivity index is 2.67. The summed E-state index contributed by atoms with van der Waals surface area (Å²) in [6.07, 6.45) is 6.02. The maximum atomic E-state index is 4.12. The van der Waals surface area contributed by atoms with E-state index in [1.165, 1.54) is 4.88 Å². The Morgan fingerprint density at radius 3 is 3.10 bits per heavy atom. The zero-order chi connectivity index (χ0) is 7.40. The molecule has 1 aromatic heterocycles. The predicted molar refractivity (Wildman–Crippen MR) is 49.7 cm³/mol. The molecule has 0 spiro atoms. The molecule has 0 saturated carbocycles. The van der Waals surface area contributed by atoms with Crippen LogP contribution in [0.2, 0.25) is 0 Å². The fraction of sp³-hybridized carbons (Fsp3) is 0.286. The Hall–Kier alpha value is -0.150. The Labute approximate surface area is 72.9 Å². The second kappa shape index (κ2) is 3.88. The molecule has 0 unspecified atom stereocenters. The number of thiazole rings is 1. The van der Waals surface area contributed by atoms with E-state index in [1.807, 2.05) is 13.1 Å². The summed E-state index contributed by atoms with van der Waals surface area (Å²) in [7, 11) is 0. The first kappa shape index (κ1) is 7.95. The minimum Gasteiger partial charge on any atom is -0.249 e. The Morgan fingerprint density at radius 2 is 2.60 bits per heavy atom. The van der Waals surface area contributed by atoms with E-state index in [9.17, 15) is 0 Å². The van der Waals surface area contributed by atoms with E-state index in [2.05, 4.69) is 33.1 Å². The molecule has 1 nitrogen and oxygen atoms in total. The van der Waals surface area contributed by atoms with Gasteiger partial charge in [-0.2, -0.15) is 0 Å². The van der Waals surface area contributed by atoms with Crippen molar-refractivity contribution in [2.45, 2.75) is 6.92 Å². The van der Waals surface area contributed by atoms with Gasteiger partial charge in [0.05, 0.1) is 5.01 Å². The number of hydrogen-bond acceptors (Lipinski definition) is 2. The van der Waals surface area contributed by atoms with Gasteiger partial charge in [-0.1, -0.05) is 22.0 Å². The van der Waals surface area contributed by atoms with Gasteiger partial charge in [0.2, 0.25) is 0 Å². The highest BCUT2D eigenvalue weighted by atomic mass is 79.9. The lowest BCUT2D eigenvalue weighted by Gasteiger charge is -1.77. The zero-order valence-corrected chi connectivity index (χ0v) is 8.08. The molecule has 0 amide bonds. The lowest BCUT2D eigenvalue weighted by molar-refractivity contribution is 1.30. The van der Waals surface area contributed by atoms with Crippen LogP contribution in [0, 0.1) is 6.92 Å². The Bertz CT molecular complexity index is 229. The third-order valence-corrected chi connectivity index (χ3v) is 2.26. The van der Waals surface area contributed by atoms with Gasteiger partial charge in [-0.05, 0) is 13.0 Å². The van der Waals surface area contributed by atoms with E-state index >= 15 is 0 Å². The minimum atomic E-state index is 0.907. The molecule has 0 fully saturated rings. The van der Waals surface area contributed by atoms with Gasteiger partial charge in [0.25, 0.3) is 0 Å². The van der Waals surface area contributed by atoms with Gasteiger partial charge in [0, 0.05) is 16.4 Å². The highest BCUT2D eigenvalue weighted by molar-refractivity contribution is 9.09. The van der Waals surface area contributed by atoms with E-state index in [4.69, 9.17) is 0 Å². The molecule has 1 aromatic rings. The third kappa shape index (κ3) is 2.23. The van der Waals surface area contributed by atoms with Crippen molar-refractivity contribution in [2.75, 3.05) is 5.33 Å². The molecule has 54 valence electrons. The number of halogens is 1. The van der Waals surface area contributed by atoms with Crippen LogP contribution in [0.15, 0.2) is 12.3 Å².